The molecule has 0 aromatic carbocycles. The van der Waals surface area contributed by atoms with Gasteiger partial charge in [-0.1, -0.05) is 5.16 Å². The Morgan fingerprint density at radius 3 is 2.63 bits per heavy atom. The van der Waals surface area contributed by atoms with Crippen LogP contribution in [0.1, 0.15) is 18.9 Å². The third-order valence-corrected chi connectivity index (χ3v) is 3.68. The number of rotatable bonds is 5. The Kier molecular flexibility index (Phi) is 4.75. The van der Waals surface area contributed by atoms with Crippen LogP contribution in [0.2, 0.25) is 0 Å². The molecule has 0 radical (unpaired) electrons. The second kappa shape index (κ2) is 5.74. The zero-order chi connectivity index (χ0) is 14.7. The predicted octanol–water partition coefficient (Wildman–Crippen LogP) is 1.89. The monoisotopic (exact) mass is 296 g/mol. The quantitative estimate of drug-likeness (QED) is 0.335. The number of nitrogens with two attached hydrogens (primary N) is 1. The fourth-order valence-corrected chi connectivity index (χ4v) is 2.16. The summed E-state index contributed by atoms with van der Waals surface area (Å²) in [7, 11) is 0. The molecule has 1 aromatic rings. The molecular weight excluding hydrogens is 281 g/mol. The molecule has 0 saturated heterocycles. The van der Waals surface area contributed by atoms with Crippen molar-refractivity contribution in [3.63, 3.8) is 0 Å². The van der Waals surface area contributed by atoms with E-state index in [0.29, 0.717) is 5.01 Å². The number of alkyl halides is 3. The molecule has 0 spiro atoms. The van der Waals surface area contributed by atoms with Crippen LogP contribution in [0.4, 0.5) is 13.2 Å². The van der Waals surface area contributed by atoms with Gasteiger partial charge in [0.2, 0.25) is 0 Å². The normalized spacial score (nSPS) is 15.5. The lowest BCUT2D eigenvalue weighted by Crippen LogP contribution is -2.47. The highest BCUT2D eigenvalue weighted by atomic mass is 32.1. The van der Waals surface area contributed by atoms with Crippen LogP contribution in [0.5, 0.6) is 0 Å². The van der Waals surface area contributed by atoms with Crippen molar-refractivity contribution in [1.29, 1.82) is 0 Å². The van der Waals surface area contributed by atoms with E-state index in [-0.39, 0.29) is 0 Å². The molecule has 0 aliphatic carbocycles. The van der Waals surface area contributed by atoms with Crippen LogP contribution in [-0.4, -0.2) is 28.7 Å². The lowest BCUT2D eigenvalue weighted by Gasteiger charge is -2.27. The molecule has 1 atom stereocenters. The topological polar surface area (TPSA) is 83.5 Å². The largest absolute Gasteiger partial charge is 0.409 e. The number of nitrogens with zero attached hydrogens (tertiary/aromatic N) is 2. The number of thiazole rings is 1. The third-order valence-electron chi connectivity index (χ3n) is 2.58. The second-order valence-corrected chi connectivity index (χ2v) is 5.36. The zero-order valence-corrected chi connectivity index (χ0v) is 11.2. The van der Waals surface area contributed by atoms with Crippen molar-refractivity contribution in [3.8, 4) is 0 Å². The van der Waals surface area contributed by atoms with Gasteiger partial charge in [0, 0.05) is 18.1 Å². The van der Waals surface area contributed by atoms with Crippen LogP contribution >= 0.6 is 11.3 Å². The molecule has 0 amide bonds. The fraction of sp³-hybridized carbons (Fsp3) is 0.600. The minimum atomic E-state index is -4.58. The molecule has 0 bridgehead atoms. The molecule has 0 saturated carbocycles. The number of hydrogen-bond acceptors (Lipinski definition) is 5. The Labute approximate surface area is 112 Å². The van der Waals surface area contributed by atoms with Crippen LogP contribution in [0.3, 0.4) is 0 Å². The van der Waals surface area contributed by atoms with Gasteiger partial charge in [0.1, 0.15) is 10.9 Å². The van der Waals surface area contributed by atoms with E-state index in [2.05, 4.69) is 15.5 Å². The van der Waals surface area contributed by atoms with Crippen LogP contribution in [0, 0.1) is 5.92 Å². The van der Waals surface area contributed by atoms with Crippen LogP contribution in [0.25, 0.3) is 0 Å². The van der Waals surface area contributed by atoms with E-state index in [1.165, 1.54) is 11.3 Å². The Balaban J connectivity index is 2.78. The first kappa shape index (κ1) is 15.7. The molecule has 1 heterocycles. The summed E-state index contributed by atoms with van der Waals surface area (Å²) >= 11 is 1.34. The van der Waals surface area contributed by atoms with E-state index in [1.54, 1.807) is 25.4 Å². The van der Waals surface area contributed by atoms with Gasteiger partial charge in [0.05, 0.1) is 5.54 Å². The number of halogens is 3. The first-order valence-electron chi connectivity index (χ1n) is 5.37. The summed E-state index contributed by atoms with van der Waals surface area (Å²) in [4.78, 5) is 4.06. The molecule has 4 N–H and O–H groups in total. The standard InChI is InChI=1S/C10H15F3N4OS/c1-9(2,8-15-3-4-19-8)16-5-6(7(14)17-18)10(11,12)13/h3-4,6,16,18H,5H2,1-2H3,(H2,14,17). The summed E-state index contributed by atoms with van der Waals surface area (Å²) < 4.78 is 38.3. The van der Waals surface area contributed by atoms with Gasteiger partial charge in [0.15, 0.2) is 5.84 Å². The van der Waals surface area contributed by atoms with Crippen molar-refractivity contribution in [1.82, 2.24) is 10.3 Å². The predicted molar refractivity (Wildman–Crippen MR) is 66.1 cm³/mol. The van der Waals surface area contributed by atoms with Gasteiger partial charge in [-0.2, -0.15) is 13.2 Å². The van der Waals surface area contributed by atoms with Gasteiger partial charge < -0.3 is 16.3 Å². The molecule has 19 heavy (non-hydrogen) atoms. The van der Waals surface area contributed by atoms with Gasteiger partial charge in [-0.3, -0.25) is 0 Å². The molecule has 1 unspecified atom stereocenters. The van der Waals surface area contributed by atoms with E-state index in [0.717, 1.165) is 0 Å². The highest BCUT2D eigenvalue weighted by Crippen LogP contribution is 2.28. The third kappa shape index (κ3) is 4.06. The maximum absolute atomic E-state index is 12.8. The number of hydrogen-bond donors (Lipinski definition) is 3. The zero-order valence-electron chi connectivity index (χ0n) is 10.4. The molecule has 1 aromatic heterocycles. The van der Waals surface area contributed by atoms with Crippen molar-refractivity contribution in [2.45, 2.75) is 25.6 Å². The molecule has 5 nitrogen and oxygen atoms in total. The summed E-state index contributed by atoms with van der Waals surface area (Å²) in [6, 6.07) is 0. The summed E-state index contributed by atoms with van der Waals surface area (Å²) in [5.41, 5.74) is 4.35. The van der Waals surface area contributed by atoms with Gasteiger partial charge in [-0.05, 0) is 13.8 Å². The lowest BCUT2D eigenvalue weighted by molar-refractivity contribution is -0.155. The molecule has 1 rings (SSSR count). The van der Waals surface area contributed by atoms with Crippen molar-refractivity contribution in [2.24, 2.45) is 16.8 Å². The van der Waals surface area contributed by atoms with E-state index >= 15 is 0 Å². The number of nitrogens with one attached hydrogen (secondary N) is 1. The van der Waals surface area contributed by atoms with E-state index in [1.807, 2.05) is 0 Å². The van der Waals surface area contributed by atoms with E-state index in [9.17, 15) is 13.2 Å². The van der Waals surface area contributed by atoms with Crippen molar-refractivity contribution >= 4 is 17.2 Å². The summed E-state index contributed by atoms with van der Waals surface area (Å²) in [5.74, 6) is -2.91. The van der Waals surface area contributed by atoms with Gasteiger partial charge in [-0.15, -0.1) is 11.3 Å². The summed E-state index contributed by atoms with van der Waals surface area (Å²) in [6.07, 6.45) is -3.00. The molecule has 0 aliphatic heterocycles. The first-order valence-corrected chi connectivity index (χ1v) is 6.25. The van der Waals surface area contributed by atoms with Crippen molar-refractivity contribution in [3.05, 3.63) is 16.6 Å². The minimum absolute atomic E-state index is 0.494. The smallest absolute Gasteiger partial charge is 0.400 e. The highest BCUT2D eigenvalue weighted by molar-refractivity contribution is 7.09. The van der Waals surface area contributed by atoms with E-state index < -0.39 is 30.0 Å². The Morgan fingerprint density at radius 2 is 2.21 bits per heavy atom. The Morgan fingerprint density at radius 1 is 1.58 bits per heavy atom. The maximum atomic E-state index is 12.8. The molecule has 0 aliphatic rings. The van der Waals surface area contributed by atoms with Gasteiger partial charge in [-0.25, -0.2) is 4.98 Å². The van der Waals surface area contributed by atoms with Crippen LogP contribution < -0.4 is 11.1 Å². The second-order valence-electron chi connectivity index (χ2n) is 4.46. The molecular formula is C10H15F3N4OS. The molecule has 9 heteroatoms. The first-order chi connectivity index (χ1) is 8.68. The maximum Gasteiger partial charge on any atom is 0.400 e. The van der Waals surface area contributed by atoms with Crippen LogP contribution in [-0.2, 0) is 5.54 Å². The molecule has 108 valence electrons. The van der Waals surface area contributed by atoms with E-state index in [4.69, 9.17) is 10.9 Å². The number of amidine groups is 1. The minimum Gasteiger partial charge on any atom is -0.409 e. The average molecular weight is 296 g/mol. The number of aromatic nitrogens is 1. The summed E-state index contributed by atoms with van der Waals surface area (Å²) in [5, 5.41) is 16.0. The average Bonchev–Trinajstić information content (AvgIpc) is 2.80. The van der Waals surface area contributed by atoms with Crippen molar-refractivity contribution < 1.29 is 18.4 Å². The fourth-order valence-electron chi connectivity index (χ4n) is 1.42. The SMILES string of the molecule is CC(C)(NCC(/C(N)=N/O)C(F)(F)F)c1nccs1. The van der Waals surface area contributed by atoms with Gasteiger partial charge >= 0.3 is 6.18 Å². The Bertz CT molecular complexity index is 430. The lowest BCUT2D eigenvalue weighted by atomic mass is 10.0. The molecule has 0 fully saturated rings. The summed E-state index contributed by atoms with van der Waals surface area (Å²) in [6.45, 7) is 2.93. The van der Waals surface area contributed by atoms with Gasteiger partial charge in [0.25, 0.3) is 0 Å². The Hall–Kier alpha value is -1.35. The number of oxime groups is 1. The van der Waals surface area contributed by atoms with Crippen molar-refractivity contribution in [2.75, 3.05) is 6.54 Å². The highest BCUT2D eigenvalue weighted by Gasteiger charge is 2.43. The van der Waals surface area contributed by atoms with Crippen LogP contribution in [0.15, 0.2) is 16.7 Å².